The standard InChI is InChI=1S/C16H15FN2S/c1-2-3-14-15(12-8-9-20-10-12)19-16(18-14)11-4-6-13(17)7-5-11/h4-10H,2-3H2,1H3,(H,18,19). The fourth-order valence-electron chi connectivity index (χ4n) is 2.22. The minimum atomic E-state index is -0.229. The molecule has 2 aromatic heterocycles. The van der Waals surface area contributed by atoms with Gasteiger partial charge in [0.15, 0.2) is 0 Å². The Morgan fingerprint density at radius 2 is 1.95 bits per heavy atom. The number of aryl methyl sites for hydroxylation is 1. The third kappa shape index (κ3) is 2.51. The topological polar surface area (TPSA) is 28.7 Å². The Labute approximate surface area is 121 Å². The van der Waals surface area contributed by atoms with Crippen molar-refractivity contribution in [1.29, 1.82) is 0 Å². The summed E-state index contributed by atoms with van der Waals surface area (Å²) in [5.74, 6) is 0.571. The normalized spacial score (nSPS) is 10.9. The number of hydrogen-bond acceptors (Lipinski definition) is 2. The molecule has 20 heavy (non-hydrogen) atoms. The summed E-state index contributed by atoms with van der Waals surface area (Å²) in [6.07, 6.45) is 2.02. The Bertz CT molecular complexity index is 684. The van der Waals surface area contributed by atoms with Gasteiger partial charge in [-0.05, 0) is 42.1 Å². The highest BCUT2D eigenvalue weighted by Crippen LogP contribution is 2.28. The van der Waals surface area contributed by atoms with Crippen molar-refractivity contribution < 1.29 is 4.39 Å². The maximum absolute atomic E-state index is 13.0. The van der Waals surface area contributed by atoms with Gasteiger partial charge in [0.25, 0.3) is 0 Å². The van der Waals surface area contributed by atoms with Crippen LogP contribution in [0.2, 0.25) is 0 Å². The van der Waals surface area contributed by atoms with E-state index in [9.17, 15) is 4.39 Å². The lowest BCUT2D eigenvalue weighted by Crippen LogP contribution is -1.86. The Hall–Kier alpha value is -1.94. The number of imidazole rings is 1. The van der Waals surface area contributed by atoms with Crippen LogP contribution >= 0.6 is 11.3 Å². The smallest absolute Gasteiger partial charge is 0.138 e. The number of nitrogens with zero attached hydrogens (tertiary/aromatic N) is 1. The van der Waals surface area contributed by atoms with Crippen molar-refractivity contribution in [2.75, 3.05) is 0 Å². The highest BCUT2D eigenvalue weighted by molar-refractivity contribution is 7.08. The van der Waals surface area contributed by atoms with Crippen LogP contribution in [-0.2, 0) is 6.42 Å². The third-order valence-electron chi connectivity index (χ3n) is 3.19. The molecule has 2 heterocycles. The van der Waals surface area contributed by atoms with Gasteiger partial charge in [-0.15, -0.1) is 0 Å². The lowest BCUT2D eigenvalue weighted by molar-refractivity contribution is 0.628. The number of nitrogens with one attached hydrogen (secondary N) is 1. The largest absolute Gasteiger partial charge is 0.341 e. The summed E-state index contributed by atoms with van der Waals surface area (Å²) in [5, 5.41) is 4.15. The molecule has 3 rings (SSSR count). The molecule has 0 aliphatic heterocycles. The maximum Gasteiger partial charge on any atom is 0.138 e. The molecular weight excluding hydrogens is 271 g/mol. The van der Waals surface area contributed by atoms with Crippen LogP contribution in [0, 0.1) is 5.82 Å². The van der Waals surface area contributed by atoms with E-state index in [2.05, 4.69) is 28.7 Å². The predicted molar refractivity (Wildman–Crippen MR) is 81.3 cm³/mol. The van der Waals surface area contributed by atoms with Crippen molar-refractivity contribution in [2.24, 2.45) is 0 Å². The minimum absolute atomic E-state index is 0.229. The molecule has 0 aliphatic carbocycles. The number of thiophene rings is 1. The van der Waals surface area contributed by atoms with E-state index in [0.29, 0.717) is 0 Å². The summed E-state index contributed by atoms with van der Waals surface area (Å²) in [7, 11) is 0. The lowest BCUT2D eigenvalue weighted by atomic mass is 10.1. The predicted octanol–water partition coefficient (Wildman–Crippen LogP) is 4.90. The van der Waals surface area contributed by atoms with E-state index in [1.165, 1.54) is 12.1 Å². The molecule has 0 aliphatic rings. The van der Waals surface area contributed by atoms with Crippen molar-refractivity contribution in [1.82, 2.24) is 9.97 Å². The van der Waals surface area contributed by atoms with Gasteiger partial charge < -0.3 is 4.98 Å². The number of halogens is 1. The molecule has 4 heteroatoms. The Morgan fingerprint density at radius 1 is 1.15 bits per heavy atom. The van der Waals surface area contributed by atoms with E-state index in [0.717, 1.165) is 41.2 Å². The van der Waals surface area contributed by atoms with Gasteiger partial charge in [-0.2, -0.15) is 11.3 Å². The zero-order valence-electron chi connectivity index (χ0n) is 11.2. The van der Waals surface area contributed by atoms with E-state index in [-0.39, 0.29) is 5.82 Å². The number of H-pyrrole nitrogens is 1. The number of aromatic amines is 1. The zero-order valence-corrected chi connectivity index (χ0v) is 12.0. The lowest BCUT2D eigenvalue weighted by Gasteiger charge is -1.97. The molecule has 3 aromatic rings. The highest BCUT2D eigenvalue weighted by Gasteiger charge is 2.13. The first-order valence-electron chi connectivity index (χ1n) is 6.65. The van der Waals surface area contributed by atoms with Crippen LogP contribution < -0.4 is 0 Å². The van der Waals surface area contributed by atoms with Crippen molar-refractivity contribution >= 4 is 11.3 Å². The summed E-state index contributed by atoms with van der Waals surface area (Å²) >= 11 is 1.66. The monoisotopic (exact) mass is 286 g/mol. The molecule has 0 bridgehead atoms. The summed E-state index contributed by atoms with van der Waals surface area (Å²) in [4.78, 5) is 8.08. The van der Waals surface area contributed by atoms with Crippen molar-refractivity contribution in [3.05, 3.63) is 52.6 Å². The van der Waals surface area contributed by atoms with Crippen LogP contribution in [0.25, 0.3) is 22.6 Å². The van der Waals surface area contributed by atoms with E-state index in [4.69, 9.17) is 4.98 Å². The van der Waals surface area contributed by atoms with Crippen LogP contribution in [-0.4, -0.2) is 9.97 Å². The second-order valence-electron chi connectivity index (χ2n) is 4.68. The Morgan fingerprint density at radius 3 is 2.60 bits per heavy atom. The van der Waals surface area contributed by atoms with E-state index < -0.39 is 0 Å². The van der Waals surface area contributed by atoms with Gasteiger partial charge in [-0.3, -0.25) is 0 Å². The van der Waals surface area contributed by atoms with E-state index >= 15 is 0 Å². The van der Waals surface area contributed by atoms with Gasteiger partial charge in [-0.1, -0.05) is 13.3 Å². The van der Waals surface area contributed by atoms with Gasteiger partial charge in [0.05, 0.1) is 5.69 Å². The second kappa shape index (κ2) is 5.59. The summed E-state index contributed by atoms with van der Waals surface area (Å²) in [5.41, 5.74) is 4.20. The van der Waals surface area contributed by atoms with Crippen LogP contribution in [0.15, 0.2) is 41.1 Å². The molecule has 1 aromatic carbocycles. The fraction of sp³-hybridized carbons (Fsp3) is 0.188. The Kier molecular flexibility index (Phi) is 3.65. The summed E-state index contributed by atoms with van der Waals surface area (Å²) in [6, 6.07) is 8.50. The van der Waals surface area contributed by atoms with Crippen LogP contribution in [0.3, 0.4) is 0 Å². The highest BCUT2D eigenvalue weighted by atomic mass is 32.1. The van der Waals surface area contributed by atoms with Gasteiger partial charge in [0.1, 0.15) is 11.6 Å². The molecule has 0 radical (unpaired) electrons. The third-order valence-corrected chi connectivity index (χ3v) is 3.87. The zero-order chi connectivity index (χ0) is 13.9. The number of aromatic nitrogens is 2. The number of rotatable bonds is 4. The van der Waals surface area contributed by atoms with Gasteiger partial charge in [0, 0.05) is 22.2 Å². The molecule has 0 spiro atoms. The molecular formula is C16H15FN2S. The fourth-order valence-corrected chi connectivity index (χ4v) is 2.86. The molecule has 0 saturated heterocycles. The first-order valence-corrected chi connectivity index (χ1v) is 7.59. The second-order valence-corrected chi connectivity index (χ2v) is 5.46. The first kappa shape index (κ1) is 13.1. The molecule has 1 N–H and O–H groups in total. The van der Waals surface area contributed by atoms with E-state index in [1.807, 2.05) is 0 Å². The van der Waals surface area contributed by atoms with Crippen LogP contribution in [0.4, 0.5) is 4.39 Å². The molecule has 102 valence electrons. The molecule has 0 unspecified atom stereocenters. The first-order chi connectivity index (χ1) is 9.78. The molecule has 0 fully saturated rings. The maximum atomic E-state index is 13.0. The molecule has 0 saturated carbocycles. The van der Waals surface area contributed by atoms with Crippen LogP contribution in [0.1, 0.15) is 19.0 Å². The van der Waals surface area contributed by atoms with Gasteiger partial charge in [-0.25, -0.2) is 9.37 Å². The average Bonchev–Trinajstić information content (AvgIpc) is 3.09. The SMILES string of the molecule is CCCc1[nH]c(-c2ccc(F)cc2)nc1-c1ccsc1. The average molecular weight is 286 g/mol. The van der Waals surface area contributed by atoms with Crippen molar-refractivity contribution in [3.8, 4) is 22.6 Å². The van der Waals surface area contributed by atoms with Crippen molar-refractivity contribution in [2.45, 2.75) is 19.8 Å². The summed E-state index contributed by atoms with van der Waals surface area (Å²) < 4.78 is 13.0. The molecule has 0 amide bonds. The Balaban J connectivity index is 2.05. The quantitative estimate of drug-likeness (QED) is 0.726. The molecule has 0 atom stereocenters. The minimum Gasteiger partial charge on any atom is -0.341 e. The van der Waals surface area contributed by atoms with E-state index in [1.54, 1.807) is 23.5 Å². The number of benzene rings is 1. The molecule has 2 nitrogen and oxygen atoms in total. The number of hydrogen-bond donors (Lipinski definition) is 1. The van der Waals surface area contributed by atoms with Gasteiger partial charge in [0.2, 0.25) is 0 Å². The summed E-state index contributed by atoms with van der Waals surface area (Å²) in [6.45, 7) is 2.15. The van der Waals surface area contributed by atoms with Crippen molar-refractivity contribution in [3.63, 3.8) is 0 Å². The van der Waals surface area contributed by atoms with Crippen LogP contribution in [0.5, 0.6) is 0 Å². The van der Waals surface area contributed by atoms with Gasteiger partial charge >= 0.3 is 0 Å².